The average molecular weight is 194 g/mol. The highest BCUT2D eigenvalue weighted by Gasteiger charge is 2.39. The van der Waals surface area contributed by atoms with Gasteiger partial charge >= 0.3 is 12.1 Å². The molecule has 7 heteroatoms. The number of nitrogens with one attached hydrogen (secondary N) is 1. The van der Waals surface area contributed by atoms with E-state index >= 15 is 0 Å². The van der Waals surface area contributed by atoms with Gasteiger partial charge in [-0.15, -0.1) is 0 Å². The third-order valence-corrected chi connectivity index (χ3v) is 1.23. The number of anilines is 1. The molecule has 0 saturated carbocycles. The van der Waals surface area contributed by atoms with Crippen LogP contribution in [0.1, 0.15) is 5.69 Å². The minimum absolute atomic E-state index is 0.192. The van der Waals surface area contributed by atoms with Crippen molar-refractivity contribution in [1.82, 2.24) is 4.98 Å². The summed E-state index contributed by atoms with van der Waals surface area (Å²) in [6.07, 6.45) is -3.97. The highest BCUT2D eigenvalue weighted by molar-refractivity contribution is 5.94. The van der Waals surface area contributed by atoms with E-state index in [4.69, 9.17) is 0 Å². The van der Waals surface area contributed by atoms with E-state index in [1.54, 1.807) is 0 Å². The van der Waals surface area contributed by atoms with Crippen LogP contribution in [0.2, 0.25) is 0 Å². The predicted molar refractivity (Wildman–Crippen MR) is 35.9 cm³/mol. The fourth-order valence-corrected chi connectivity index (χ4v) is 0.596. The molecule has 0 fully saturated rings. The molecule has 0 aliphatic carbocycles. The lowest BCUT2D eigenvalue weighted by Gasteiger charge is -2.04. The molecule has 72 valence electrons. The van der Waals surface area contributed by atoms with Crippen molar-refractivity contribution < 1.29 is 22.4 Å². The molecule has 0 radical (unpaired) electrons. The third kappa shape index (κ3) is 2.20. The lowest BCUT2D eigenvalue weighted by Crippen LogP contribution is -2.29. The second-order valence-corrected chi connectivity index (χ2v) is 2.22. The number of hydrogen-bond donors (Lipinski definition) is 1. The first kappa shape index (κ1) is 9.56. The van der Waals surface area contributed by atoms with Crippen LogP contribution in [0, 0.1) is 6.92 Å². The minimum Gasteiger partial charge on any atom is -0.427 e. The Balaban J connectivity index is 2.71. The molecule has 0 bridgehead atoms. The Labute approximate surface area is 70.7 Å². The topological polar surface area (TPSA) is 55.1 Å². The van der Waals surface area contributed by atoms with Crippen LogP contribution in [0.25, 0.3) is 0 Å². The van der Waals surface area contributed by atoms with Gasteiger partial charge in [0.25, 0.3) is 0 Å². The predicted octanol–water partition coefficient (Wildman–Crippen LogP) is 1.48. The zero-order valence-corrected chi connectivity index (χ0v) is 6.47. The smallest absolute Gasteiger partial charge is 0.427 e. The normalized spacial score (nSPS) is 11.4. The summed E-state index contributed by atoms with van der Waals surface area (Å²) in [4.78, 5) is 13.9. The number of halogens is 3. The Morgan fingerprint density at radius 2 is 2.23 bits per heavy atom. The van der Waals surface area contributed by atoms with Crippen molar-refractivity contribution in [3.63, 3.8) is 0 Å². The second kappa shape index (κ2) is 3.08. The second-order valence-electron chi connectivity index (χ2n) is 2.22. The summed E-state index contributed by atoms with van der Waals surface area (Å²) in [5.41, 5.74) is 0.192. The number of aryl methyl sites for hydroxylation is 1. The summed E-state index contributed by atoms with van der Waals surface area (Å²) >= 11 is 0. The van der Waals surface area contributed by atoms with E-state index in [2.05, 4.69) is 9.40 Å². The lowest BCUT2D eigenvalue weighted by molar-refractivity contribution is -0.167. The van der Waals surface area contributed by atoms with Gasteiger partial charge < -0.3 is 4.42 Å². The quantitative estimate of drug-likeness (QED) is 0.736. The van der Waals surface area contributed by atoms with Crippen molar-refractivity contribution in [3.05, 3.63) is 12.1 Å². The van der Waals surface area contributed by atoms with E-state index in [0.717, 1.165) is 6.39 Å². The van der Waals surface area contributed by atoms with Crippen LogP contribution in [0.3, 0.4) is 0 Å². The first-order valence-corrected chi connectivity index (χ1v) is 3.19. The maximum atomic E-state index is 11.7. The van der Waals surface area contributed by atoms with Crippen molar-refractivity contribution in [2.45, 2.75) is 13.1 Å². The Hall–Kier alpha value is -1.53. The Kier molecular flexibility index (Phi) is 2.26. The van der Waals surface area contributed by atoms with Gasteiger partial charge in [-0.2, -0.15) is 13.2 Å². The van der Waals surface area contributed by atoms with E-state index in [9.17, 15) is 18.0 Å². The molecule has 0 aliphatic rings. The fourth-order valence-electron chi connectivity index (χ4n) is 0.596. The van der Waals surface area contributed by atoms with E-state index in [1.165, 1.54) is 12.2 Å². The zero-order chi connectivity index (χ0) is 10.1. The molecule has 0 unspecified atom stereocenters. The monoisotopic (exact) mass is 194 g/mol. The molecule has 0 atom stereocenters. The van der Waals surface area contributed by atoms with Gasteiger partial charge in [0.05, 0.1) is 0 Å². The van der Waals surface area contributed by atoms with Gasteiger partial charge in [0, 0.05) is 0 Å². The molecular formula is C6H5F3N2O2. The van der Waals surface area contributed by atoms with Crippen molar-refractivity contribution in [2.24, 2.45) is 0 Å². The van der Waals surface area contributed by atoms with Gasteiger partial charge in [0.15, 0.2) is 6.39 Å². The molecule has 1 aromatic heterocycles. The molecule has 0 saturated heterocycles. The summed E-state index contributed by atoms with van der Waals surface area (Å²) in [5, 5.41) is 1.54. The van der Waals surface area contributed by atoms with E-state index in [-0.39, 0.29) is 11.6 Å². The molecule has 4 nitrogen and oxygen atoms in total. The number of nitrogens with zero attached hydrogens (tertiary/aromatic N) is 1. The molecule has 1 amide bonds. The maximum absolute atomic E-state index is 11.7. The van der Waals surface area contributed by atoms with Crippen LogP contribution in [0.5, 0.6) is 0 Å². The number of carbonyl (C=O) groups is 1. The molecule has 13 heavy (non-hydrogen) atoms. The van der Waals surface area contributed by atoms with Crippen molar-refractivity contribution in [3.8, 4) is 0 Å². The molecule has 0 spiro atoms. The van der Waals surface area contributed by atoms with Crippen LogP contribution in [0.15, 0.2) is 10.8 Å². The summed E-state index contributed by atoms with van der Waals surface area (Å²) in [7, 11) is 0. The van der Waals surface area contributed by atoms with E-state index in [1.807, 2.05) is 0 Å². The highest BCUT2D eigenvalue weighted by atomic mass is 19.4. The maximum Gasteiger partial charge on any atom is 0.471 e. The van der Waals surface area contributed by atoms with Crippen LogP contribution < -0.4 is 5.32 Å². The van der Waals surface area contributed by atoms with Gasteiger partial charge in [-0.25, -0.2) is 4.98 Å². The Morgan fingerprint density at radius 3 is 2.62 bits per heavy atom. The zero-order valence-electron chi connectivity index (χ0n) is 6.47. The van der Waals surface area contributed by atoms with Crippen molar-refractivity contribution in [2.75, 3.05) is 5.32 Å². The Morgan fingerprint density at radius 1 is 1.62 bits per heavy atom. The summed E-state index contributed by atoms with van der Waals surface area (Å²) in [6, 6.07) is 0. The van der Waals surface area contributed by atoms with E-state index in [0.29, 0.717) is 0 Å². The molecular weight excluding hydrogens is 189 g/mol. The molecule has 1 heterocycles. The first-order valence-electron chi connectivity index (χ1n) is 3.19. The third-order valence-electron chi connectivity index (χ3n) is 1.23. The molecule has 0 aliphatic heterocycles. The number of oxazole rings is 1. The summed E-state index contributed by atoms with van der Waals surface area (Å²) < 4.78 is 39.6. The van der Waals surface area contributed by atoms with Gasteiger partial charge in [-0.05, 0) is 6.92 Å². The van der Waals surface area contributed by atoms with Gasteiger partial charge in [-0.1, -0.05) is 0 Å². The Bertz CT molecular complexity index is 318. The molecule has 1 rings (SSSR count). The number of carbonyl (C=O) groups excluding carboxylic acids is 1. The summed E-state index contributed by atoms with van der Waals surface area (Å²) in [6.45, 7) is 1.41. The van der Waals surface area contributed by atoms with Crippen molar-refractivity contribution >= 4 is 11.8 Å². The first-order chi connectivity index (χ1) is 5.91. The number of rotatable bonds is 1. The number of amides is 1. The van der Waals surface area contributed by atoms with Crippen LogP contribution >= 0.6 is 0 Å². The standard InChI is InChI=1S/C6H5F3N2O2/c1-3-4(13-2-10-3)11-5(12)6(7,8)9/h2H,1H3,(H,11,12). The number of aromatic nitrogens is 1. The van der Waals surface area contributed by atoms with Crippen molar-refractivity contribution in [1.29, 1.82) is 0 Å². The summed E-state index contributed by atoms with van der Waals surface area (Å²) in [5.74, 6) is -2.37. The van der Waals surface area contributed by atoms with Crippen LogP contribution in [-0.2, 0) is 4.79 Å². The van der Waals surface area contributed by atoms with Crippen LogP contribution in [-0.4, -0.2) is 17.1 Å². The van der Waals surface area contributed by atoms with Gasteiger partial charge in [-0.3, -0.25) is 10.1 Å². The molecule has 1 N–H and O–H groups in total. The average Bonchev–Trinajstić information content (AvgIpc) is 2.34. The van der Waals surface area contributed by atoms with Crippen LogP contribution in [0.4, 0.5) is 19.1 Å². The molecule has 0 aromatic carbocycles. The van der Waals surface area contributed by atoms with E-state index < -0.39 is 12.1 Å². The lowest BCUT2D eigenvalue weighted by atomic mass is 10.5. The number of hydrogen-bond acceptors (Lipinski definition) is 3. The highest BCUT2D eigenvalue weighted by Crippen LogP contribution is 2.19. The number of alkyl halides is 3. The SMILES string of the molecule is Cc1ncoc1NC(=O)C(F)(F)F. The minimum atomic E-state index is -4.92. The fraction of sp³-hybridized carbons (Fsp3) is 0.333. The largest absolute Gasteiger partial charge is 0.471 e. The molecule has 1 aromatic rings. The van der Waals surface area contributed by atoms with Gasteiger partial charge in [0.1, 0.15) is 5.69 Å². The van der Waals surface area contributed by atoms with Gasteiger partial charge in [0.2, 0.25) is 5.88 Å².